The molecule has 0 aliphatic rings. The molecule has 2 aromatic heterocycles. The molecule has 2 heterocycles. The Morgan fingerprint density at radius 1 is 1.33 bits per heavy atom. The molecule has 0 radical (unpaired) electrons. The highest BCUT2D eigenvalue weighted by atomic mass is 32.2. The quantitative estimate of drug-likeness (QED) is 0.562. The van der Waals surface area contributed by atoms with Crippen LogP contribution in [0.5, 0.6) is 0 Å². The number of hydrogen-bond donors (Lipinski definition) is 1. The molecule has 5 nitrogen and oxygen atoms in total. The van der Waals surface area contributed by atoms with Crippen LogP contribution in [0, 0.1) is 6.92 Å². The molecule has 0 atom stereocenters. The van der Waals surface area contributed by atoms with Gasteiger partial charge in [-0.3, -0.25) is 9.59 Å². The maximum atomic E-state index is 12.4. The van der Waals surface area contributed by atoms with Crippen molar-refractivity contribution >= 4 is 39.2 Å². The molecule has 0 aliphatic carbocycles. The lowest BCUT2D eigenvalue weighted by Gasteiger charge is -2.04. The van der Waals surface area contributed by atoms with Crippen LogP contribution in [0.3, 0.4) is 0 Å². The molecule has 7 heteroatoms. The highest BCUT2D eigenvalue weighted by molar-refractivity contribution is 7.99. The fraction of sp³-hybridized carbons (Fsp3) is 0.235. The third-order valence-corrected chi connectivity index (χ3v) is 5.83. The molecule has 1 N–H and O–H groups in total. The number of thioether (sulfide) groups is 1. The Hall–Kier alpha value is -2.12. The lowest BCUT2D eigenvalue weighted by Crippen LogP contribution is -2.25. The van der Waals surface area contributed by atoms with Crippen molar-refractivity contribution in [1.82, 2.24) is 14.9 Å². The molecule has 3 aromatic rings. The van der Waals surface area contributed by atoms with E-state index in [1.807, 2.05) is 30.3 Å². The first kappa shape index (κ1) is 16.7. The molecular formula is C17H17N3O2S2. The van der Waals surface area contributed by atoms with Crippen molar-refractivity contribution in [2.24, 2.45) is 7.05 Å². The van der Waals surface area contributed by atoms with Crippen LogP contribution in [0.15, 0.2) is 46.3 Å². The first-order valence-corrected chi connectivity index (χ1v) is 9.29. The standard InChI is InChI=1S/C17H17N3O2S2/c1-11-13-16(19-10-20(2)17(13)22)24-14(11)15(21)18-8-9-23-12-6-4-3-5-7-12/h3-7,10H,8-9H2,1-2H3,(H,18,21). The first-order chi connectivity index (χ1) is 11.6. The van der Waals surface area contributed by atoms with Crippen molar-refractivity contribution in [1.29, 1.82) is 0 Å². The molecule has 0 saturated carbocycles. The van der Waals surface area contributed by atoms with E-state index in [1.165, 1.54) is 27.1 Å². The van der Waals surface area contributed by atoms with E-state index in [-0.39, 0.29) is 11.5 Å². The normalized spacial score (nSPS) is 10.9. The molecule has 124 valence electrons. The lowest BCUT2D eigenvalue weighted by molar-refractivity contribution is 0.0960. The van der Waals surface area contributed by atoms with Gasteiger partial charge in [0.15, 0.2) is 0 Å². The molecule has 0 fully saturated rings. The summed E-state index contributed by atoms with van der Waals surface area (Å²) in [5.74, 6) is 0.644. The highest BCUT2D eigenvalue weighted by Gasteiger charge is 2.18. The zero-order valence-corrected chi connectivity index (χ0v) is 15.0. The Labute approximate surface area is 147 Å². The topological polar surface area (TPSA) is 64.0 Å². The number of nitrogens with zero attached hydrogens (tertiary/aromatic N) is 2. The summed E-state index contributed by atoms with van der Waals surface area (Å²) < 4.78 is 1.43. The van der Waals surface area contributed by atoms with E-state index in [0.29, 0.717) is 27.2 Å². The molecule has 0 bridgehead atoms. The third kappa shape index (κ3) is 3.37. The molecule has 0 spiro atoms. The van der Waals surface area contributed by atoms with Gasteiger partial charge in [0, 0.05) is 24.2 Å². The predicted octanol–water partition coefficient (Wildman–Crippen LogP) is 2.83. The molecule has 0 unspecified atom stereocenters. The Kier molecular flexibility index (Phi) is 5.01. The van der Waals surface area contributed by atoms with Gasteiger partial charge in [0.05, 0.1) is 16.6 Å². The van der Waals surface area contributed by atoms with E-state index in [4.69, 9.17) is 0 Å². The number of rotatable bonds is 5. The third-order valence-electron chi connectivity index (χ3n) is 3.62. The summed E-state index contributed by atoms with van der Waals surface area (Å²) in [5.41, 5.74) is 0.587. The van der Waals surface area contributed by atoms with E-state index >= 15 is 0 Å². The summed E-state index contributed by atoms with van der Waals surface area (Å²) in [6.45, 7) is 2.37. The summed E-state index contributed by atoms with van der Waals surface area (Å²) in [6, 6.07) is 10.1. The molecule has 1 aromatic carbocycles. The van der Waals surface area contributed by atoms with Gasteiger partial charge in [0.1, 0.15) is 4.83 Å². The fourth-order valence-corrected chi connectivity index (χ4v) is 4.20. The van der Waals surface area contributed by atoms with E-state index in [0.717, 1.165) is 5.75 Å². The summed E-state index contributed by atoms with van der Waals surface area (Å²) in [5, 5.41) is 3.46. The molecule has 1 amide bonds. The van der Waals surface area contributed by atoms with Gasteiger partial charge < -0.3 is 9.88 Å². The molecule has 0 aliphatic heterocycles. The van der Waals surface area contributed by atoms with Gasteiger partial charge in [-0.1, -0.05) is 18.2 Å². The first-order valence-electron chi connectivity index (χ1n) is 7.48. The average Bonchev–Trinajstić information content (AvgIpc) is 2.93. The van der Waals surface area contributed by atoms with Crippen molar-refractivity contribution < 1.29 is 4.79 Å². The summed E-state index contributed by atoms with van der Waals surface area (Å²) in [4.78, 5) is 31.2. The van der Waals surface area contributed by atoms with Gasteiger partial charge in [-0.05, 0) is 24.6 Å². The minimum absolute atomic E-state index is 0.118. The van der Waals surface area contributed by atoms with Crippen molar-refractivity contribution in [2.75, 3.05) is 12.3 Å². The van der Waals surface area contributed by atoms with Crippen molar-refractivity contribution in [3.05, 3.63) is 57.5 Å². The summed E-state index contributed by atoms with van der Waals surface area (Å²) in [7, 11) is 1.66. The number of benzene rings is 1. The summed E-state index contributed by atoms with van der Waals surface area (Å²) >= 11 is 2.96. The minimum Gasteiger partial charge on any atom is -0.350 e. The van der Waals surface area contributed by atoms with E-state index < -0.39 is 0 Å². The van der Waals surface area contributed by atoms with Gasteiger partial charge in [-0.15, -0.1) is 23.1 Å². The number of fused-ring (bicyclic) bond motifs is 1. The number of thiophene rings is 1. The zero-order chi connectivity index (χ0) is 17.1. The van der Waals surface area contributed by atoms with E-state index in [1.54, 1.807) is 25.7 Å². The van der Waals surface area contributed by atoms with Gasteiger partial charge in [0.2, 0.25) is 0 Å². The molecular weight excluding hydrogens is 342 g/mol. The van der Waals surface area contributed by atoms with Crippen LogP contribution in [-0.2, 0) is 7.05 Å². The summed E-state index contributed by atoms with van der Waals surface area (Å²) in [6.07, 6.45) is 1.48. The van der Waals surface area contributed by atoms with Crippen LogP contribution in [0.1, 0.15) is 15.2 Å². The number of amides is 1. The van der Waals surface area contributed by atoms with Crippen LogP contribution in [0.25, 0.3) is 10.2 Å². The molecule has 24 heavy (non-hydrogen) atoms. The number of carbonyl (C=O) groups excluding carboxylic acids is 1. The van der Waals surface area contributed by atoms with Gasteiger partial charge in [-0.2, -0.15) is 0 Å². The highest BCUT2D eigenvalue weighted by Crippen LogP contribution is 2.26. The van der Waals surface area contributed by atoms with Crippen LogP contribution < -0.4 is 10.9 Å². The Morgan fingerprint density at radius 3 is 2.83 bits per heavy atom. The largest absolute Gasteiger partial charge is 0.350 e. The van der Waals surface area contributed by atoms with Gasteiger partial charge in [-0.25, -0.2) is 4.98 Å². The Balaban J connectivity index is 1.67. The Morgan fingerprint density at radius 2 is 2.08 bits per heavy atom. The van der Waals surface area contributed by atoms with Gasteiger partial charge >= 0.3 is 0 Å². The minimum atomic E-state index is -0.147. The number of aromatic nitrogens is 2. The number of aryl methyl sites for hydroxylation is 2. The maximum Gasteiger partial charge on any atom is 0.262 e. The van der Waals surface area contributed by atoms with Crippen LogP contribution >= 0.6 is 23.1 Å². The van der Waals surface area contributed by atoms with E-state index in [2.05, 4.69) is 10.3 Å². The van der Waals surface area contributed by atoms with Crippen LogP contribution in [0.2, 0.25) is 0 Å². The second-order valence-corrected chi connectivity index (χ2v) is 7.48. The Bertz CT molecular complexity index is 932. The molecule has 3 rings (SSSR count). The molecule has 0 saturated heterocycles. The lowest BCUT2D eigenvalue weighted by atomic mass is 10.2. The second kappa shape index (κ2) is 7.19. The van der Waals surface area contributed by atoms with Gasteiger partial charge in [0.25, 0.3) is 11.5 Å². The number of hydrogen-bond acceptors (Lipinski definition) is 5. The van der Waals surface area contributed by atoms with E-state index in [9.17, 15) is 9.59 Å². The fourth-order valence-electron chi connectivity index (χ4n) is 2.36. The second-order valence-electron chi connectivity index (χ2n) is 5.31. The smallest absolute Gasteiger partial charge is 0.262 e. The monoisotopic (exact) mass is 359 g/mol. The van der Waals surface area contributed by atoms with Crippen molar-refractivity contribution in [3.8, 4) is 0 Å². The van der Waals surface area contributed by atoms with Crippen LogP contribution in [-0.4, -0.2) is 27.8 Å². The zero-order valence-electron chi connectivity index (χ0n) is 13.4. The maximum absolute atomic E-state index is 12.4. The van der Waals surface area contributed by atoms with Crippen molar-refractivity contribution in [2.45, 2.75) is 11.8 Å². The van der Waals surface area contributed by atoms with Crippen molar-refractivity contribution in [3.63, 3.8) is 0 Å². The number of carbonyl (C=O) groups is 1. The van der Waals surface area contributed by atoms with Crippen LogP contribution in [0.4, 0.5) is 0 Å². The average molecular weight is 359 g/mol. The predicted molar refractivity (Wildman–Crippen MR) is 99.1 cm³/mol. The SMILES string of the molecule is Cc1c(C(=O)NCCSc2ccccc2)sc2ncn(C)c(=O)c12. The number of nitrogens with one attached hydrogen (secondary N) is 1.